The van der Waals surface area contributed by atoms with Gasteiger partial charge < -0.3 is 28.4 Å². The van der Waals surface area contributed by atoms with Crippen LogP contribution in [-0.4, -0.2) is 9.13 Å². The Kier molecular flexibility index (Phi) is 13.2. The van der Waals surface area contributed by atoms with Crippen molar-refractivity contribution in [1.82, 2.24) is 9.13 Å². The van der Waals surface area contributed by atoms with E-state index in [1.54, 1.807) is 0 Å². The molecule has 0 spiro atoms. The first-order valence-electron chi connectivity index (χ1n) is 32.2. The second kappa shape index (κ2) is 22.8. The van der Waals surface area contributed by atoms with E-state index >= 15 is 0 Å². The molecule has 98 heavy (non-hydrogen) atoms. The van der Waals surface area contributed by atoms with Crippen molar-refractivity contribution in [3.63, 3.8) is 0 Å². The number of nitrogens with zero attached hydrogens (tertiary/aromatic N) is 8. The molecule has 0 saturated carbocycles. The Morgan fingerprint density at radius 3 is 1.05 bits per heavy atom. The van der Waals surface area contributed by atoms with Gasteiger partial charge in [0.05, 0.1) is 67.1 Å². The standard InChI is InChI=1S/C88H50N8O2/c89-51-60-48-73(57-32-41-62(42-33-57)93-77-18-4-1-14-69(77)70-15-2-5-19-78(70)93)74(49-61(60)52-90)58-34-43-63(44-35-58)94-79-20-6-3-16-71(79)72-45-36-59(50-84(72)94)68-17-13-24-83-88(68)98-87-27-12-9-23-82(87)96(83)65-39-30-56(31-40-65)67-47-46-66(75(53-91)76(67)54-92)55-28-37-64(38-29-55)95-80-21-7-10-25-85(80)97-86-26-11-8-22-81(86)95/h1-50H. The molecule has 0 fully saturated rings. The number of hydrogen-bond acceptors (Lipinski definition) is 8. The molecule has 0 amide bonds. The summed E-state index contributed by atoms with van der Waals surface area (Å²) in [5, 5.41) is 46.9. The zero-order valence-corrected chi connectivity index (χ0v) is 52.3. The Bertz CT molecular complexity index is 6080. The average molecular weight is 1250 g/mol. The second-order valence-electron chi connectivity index (χ2n) is 24.4. The predicted octanol–water partition coefficient (Wildman–Crippen LogP) is 22.9. The molecular formula is C88H50N8O2. The van der Waals surface area contributed by atoms with Gasteiger partial charge in [0.2, 0.25) is 0 Å². The molecule has 10 heteroatoms. The highest BCUT2D eigenvalue weighted by Gasteiger charge is 2.30. The lowest BCUT2D eigenvalue weighted by Crippen LogP contribution is -2.16. The SMILES string of the molecule is N#Cc1cc(-c2ccc(-n3c4ccccc4c4ccccc43)cc2)c(-c2ccc(-n3c4ccccc4c4ccc(-c5cccc6c5Oc5ccccc5N6c5ccc(-c6ccc(-c7ccc(N8c9ccccc9Oc9ccccc98)cc7)c(C#N)c6C#N)cc5)cc43)cc2)cc1C#N. The van der Waals surface area contributed by atoms with Gasteiger partial charge in [0.25, 0.3) is 0 Å². The molecule has 0 saturated heterocycles. The molecule has 0 radical (unpaired) electrons. The number of aromatic nitrogens is 2. The molecule has 0 bridgehead atoms. The lowest BCUT2D eigenvalue weighted by molar-refractivity contribution is 0.477. The van der Waals surface area contributed by atoms with E-state index in [4.69, 9.17) is 9.47 Å². The molecule has 18 rings (SSSR count). The molecule has 16 aromatic rings. The second-order valence-corrected chi connectivity index (χ2v) is 24.4. The molecule has 0 atom stereocenters. The topological polar surface area (TPSA) is 130 Å². The molecule has 4 heterocycles. The molecule has 2 aromatic heterocycles. The van der Waals surface area contributed by atoms with Crippen molar-refractivity contribution in [2.75, 3.05) is 9.80 Å². The molecule has 2 aliphatic rings. The zero-order valence-electron chi connectivity index (χ0n) is 52.3. The number of hydrogen-bond donors (Lipinski definition) is 0. The highest BCUT2D eigenvalue weighted by atomic mass is 16.5. The first kappa shape index (κ1) is 56.6. The van der Waals surface area contributed by atoms with Crippen molar-refractivity contribution >= 4 is 77.7 Å². The smallest absolute Gasteiger partial charge is 0.159 e. The summed E-state index contributed by atoms with van der Waals surface area (Å²) < 4.78 is 17.8. The number of para-hydroxylation sites is 10. The van der Waals surface area contributed by atoms with E-state index in [1.165, 1.54) is 10.8 Å². The number of ether oxygens (including phenoxy) is 2. The molecule has 10 nitrogen and oxygen atoms in total. The van der Waals surface area contributed by atoms with Crippen LogP contribution in [0.15, 0.2) is 303 Å². The van der Waals surface area contributed by atoms with Crippen molar-refractivity contribution in [2.24, 2.45) is 0 Å². The van der Waals surface area contributed by atoms with Crippen LogP contribution in [0.5, 0.6) is 23.0 Å². The highest BCUT2D eigenvalue weighted by molar-refractivity contribution is 6.11. The Morgan fingerprint density at radius 2 is 0.602 bits per heavy atom. The minimum absolute atomic E-state index is 0.305. The molecule has 454 valence electrons. The van der Waals surface area contributed by atoms with E-state index in [9.17, 15) is 21.0 Å². The lowest BCUT2D eigenvalue weighted by Gasteiger charge is -2.34. The van der Waals surface area contributed by atoms with Crippen LogP contribution in [0, 0.1) is 45.3 Å². The molecule has 0 N–H and O–H groups in total. The van der Waals surface area contributed by atoms with Crippen LogP contribution in [0.25, 0.3) is 111 Å². The van der Waals surface area contributed by atoms with Crippen molar-refractivity contribution in [1.29, 1.82) is 21.0 Å². The Balaban J connectivity index is 0.672. The zero-order chi connectivity index (χ0) is 65.5. The van der Waals surface area contributed by atoms with Crippen LogP contribution in [0.2, 0.25) is 0 Å². The largest absolute Gasteiger partial charge is 0.453 e. The van der Waals surface area contributed by atoms with Gasteiger partial charge in [-0.25, -0.2) is 0 Å². The number of benzene rings is 14. The van der Waals surface area contributed by atoms with Crippen LogP contribution in [0.1, 0.15) is 22.3 Å². The Labute approximate surface area is 563 Å². The molecule has 14 aromatic carbocycles. The van der Waals surface area contributed by atoms with Gasteiger partial charge in [0.1, 0.15) is 24.3 Å². The average Bonchev–Trinajstić information content (AvgIpc) is 1.39. The first-order valence-corrected chi connectivity index (χ1v) is 32.2. The Morgan fingerprint density at radius 1 is 0.245 bits per heavy atom. The summed E-state index contributed by atoms with van der Waals surface area (Å²) in [6.07, 6.45) is 0. The monoisotopic (exact) mass is 1250 g/mol. The van der Waals surface area contributed by atoms with E-state index in [0.717, 1.165) is 134 Å². The van der Waals surface area contributed by atoms with Crippen LogP contribution < -0.4 is 19.3 Å². The fraction of sp³-hybridized carbons (Fsp3) is 0. The third-order valence-corrected chi connectivity index (χ3v) is 19.1. The van der Waals surface area contributed by atoms with Gasteiger partial charge in [-0.05, 0) is 166 Å². The van der Waals surface area contributed by atoms with Gasteiger partial charge in [-0.15, -0.1) is 0 Å². The summed E-state index contributed by atoms with van der Waals surface area (Å²) in [6, 6.07) is 112. The van der Waals surface area contributed by atoms with Gasteiger partial charge in [0, 0.05) is 61.0 Å². The summed E-state index contributed by atoms with van der Waals surface area (Å²) >= 11 is 0. The summed E-state index contributed by atoms with van der Waals surface area (Å²) in [5.74, 6) is 2.92. The van der Waals surface area contributed by atoms with Gasteiger partial charge >= 0.3 is 0 Å². The maximum absolute atomic E-state index is 10.9. The van der Waals surface area contributed by atoms with Crippen molar-refractivity contribution in [3.05, 3.63) is 326 Å². The molecular weight excluding hydrogens is 1200 g/mol. The molecule has 2 aliphatic heterocycles. The summed E-state index contributed by atoms with van der Waals surface area (Å²) in [6.45, 7) is 0. The van der Waals surface area contributed by atoms with Crippen LogP contribution in [-0.2, 0) is 0 Å². The summed E-state index contributed by atoms with van der Waals surface area (Å²) in [4.78, 5) is 4.39. The van der Waals surface area contributed by atoms with Crippen molar-refractivity contribution in [2.45, 2.75) is 0 Å². The van der Waals surface area contributed by atoms with Crippen LogP contribution in [0.3, 0.4) is 0 Å². The van der Waals surface area contributed by atoms with E-state index in [2.05, 4.69) is 219 Å². The van der Waals surface area contributed by atoms with Gasteiger partial charge in [0.15, 0.2) is 23.0 Å². The van der Waals surface area contributed by atoms with E-state index < -0.39 is 0 Å². The normalized spacial score (nSPS) is 12.0. The lowest BCUT2D eigenvalue weighted by atomic mass is 9.90. The minimum atomic E-state index is 0.305. The van der Waals surface area contributed by atoms with Gasteiger partial charge in [-0.3, -0.25) is 0 Å². The van der Waals surface area contributed by atoms with E-state index in [0.29, 0.717) is 44.9 Å². The van der Waals surface area contributed by atoms with Gasteiger partial charge in [-0.1, -0.05) is 176 Å². The number of nitriles is 4. The highest BCUT2D eigenvalue weighted by Crippen LogP contribution is 2.55. The minimum Gasteiger partial charge on any atom is -0.453 e. The fourth-order valence-corrected chi connectivity index (χ4v) is 14.6. The summed E-state index contributed by atoms with van der Waals surface area (Å²) in [5.41, 5.74) is 21.3. The van der Waals surface area contributed by atoms with E-state index in [-0.39, 0.29) is 0 Å². The van der Waals surface area contributed by atoms with Crippen molar-refractivity contribution in [3.8, 4) is 114 Å². The van der Waals surface area contributed by atoms with Crippen LogP contribution in [0.4, 0.5) is 34.1 Å². The van der Waals surface area contributed by atoms with E-state index in [1.807, 2.05) is 127 Å². The van der Waals surface area contributed by atoms with Crippen LogP contribution >= 0.6 is 0 Å². The predicted molar refractivity (Wildman–Crippen MR) is 391 cm³/mol. The summed E-state index contributed by atoms with van der Waals surface area (Å²) in [7, 11) is 0. The molecule has 0 unspecified atom stereocenters. The quantitative estimate of drug-likeness (QED) is 0.140. The molecule has 0 aliphatic carbocycles. The fourth-order valence-electron chi connectivity index (χ4n) is 14.6. The number of anilines is 6. The third-order valence-electron chi connectivity index (χ3n) is 19.1. The number of fused-ring (bicyclic) bond motifs is 10. The van der Waals surface area contributed by atoms with Crippen molar-refractivity contribution < 1.29 is 9.47 Å². The number of rotatable bonds is 9. The first-order chi connectivity index (χ1) is 48.4. The Hall–Kier alpha value is -14.2. The maximum atomic E-state index is 10.9. The maximum Gasteiger partial charge on any atom is 0.159 e. The third kappa shape index (κ3) is 9.00. The van der Waals surface area contributed by atoms with Gasteiger partial charge in [-0.2, -0.15) is 21.0 Å².